The third-order valence-corrected chi connectivity index (χ3v) is 5.93. The molecule has 0 aromatic carbocycles. The van der Waals surface area contributed by atoms with Gasteiger partial charge in [-0.1, -0.05) is 19.1 Å². The van der Waals surface area contributed by atoms with Gasteiger partial charge in [0.25, 0.3) is 0 Å². The molecule has 2 N–H and O–H groups in total. The van der Waals surface area contributed by atoms with Gasteiger partial charge in [0.15, 0.2) is 0 Å². The molecule has 6 atom stereocenters. The molecule has 1 spiro atoms. The van der Waals surface area contributed by atoms with E-state index in [9.17, 15) is 15.0 Å². The van der Waals surface area contributed by atoms with Crippen molar-refractivity contribution in [2.75, 3.05) is 0 Å². The van der Waals surface area contributed by atoms with E-state index in [2.05, 4.69) is 6.58 Å². The minimum absolute atomic E-state index is 0.187. The third-order valence-electron chi connectivity index (χ3n) is 5.93. The Labute approximate surface area is 113 Å². The minimum atomic E-state index is -0.915. The van der Waals surface area contributed by atoms with Crippen LogP contribution in [-0.2, 0) is 9.53 Å². The number of aliphatic hydroxyl groups excluding tert-OH is 2. The highest BCUT2D eigenvalue weighted by Crippen LogP contribution is 2.64. The molecular weight excluding hydrogens is 244 g/mol. The number of fused-ring (bicyclic) bond motifs is 1. The van der Waals surface area contributed by atoms with Gasteiger partial charge in [-0.15, -0.1) is 0 Å². The summed E-state index contributed by atoms with van der Waals surface area (Å²) in [4.78, 5) is 12.3. The van der Waals surface area contributed by atoms with Crippen molar-refractivity contribution in [3.63, 3.8) is 0 Å². The van der Waals surface area contributed by atoms with Crippen LogP contribution < -0.4 is 0 Å². The van der Waals surface area contributed by atoms with Crippen molar-refractivity contribution in [1.29, 1.82) is 0 Å². The molecule has 1 heterocycles. The summed E-state index contributed by atoms with van der Waals surface area (Å²) < 4.78 is 5.43. The van der Waals surface area contributed by atoms with Crippen molar-refractivity contribution in [3.8, 4) is 0 Å². The van der Waals surface area contributed by atoms with Crippen molar-refractivity contribution in [2.45, 2.75) is 57.8 Å². The summed E-state index contributed by atoms with van der Waals surface area (Å²) in [5, 5.41) is 21.0. The Morgan fingerprint density at radius 3 is 2.79 bits per heavy atom. The van der Waals surface area contributed by atoms with Crippen molar-refractivity contribution in [1.82, 2.24) is 0 Å². The van der Waals surface area contributed by atoms with Gasteiger partial charge in [0.05, 0.1) is 6.10 Å². The number of aliphatic hydroxyl groups is 2. The molecule has 2 saturated carbocycles. The molecule has 2 bridgehead atoms. The molecule has 2 aliphatic carbocycles. The first-order chi connectivity index (χ1) is 8.83. The lowest BCUT2D eigenvalue weighted by atomic mass is 9.61. The fourth-order valence-electron chi connectivity index (χ4n) is 4.58. The van der Waals surface area contributed by atoms with Crippen LogP contribution in [0.2, 0.25) is 0 Å². The summed E-state index contributed by atoms with van der Waals surface area (Å²) in [5.41, 5.74) is -0.495. The number of carbonyl (C=O) groups excluding carboxylic acids is 1. The van der Waals surface area contributed by atoms with Gasteiger partial charge in [-0.05, 0) is 38.5 Å². The van der Waals surface area contributed by atoms with E-state index in [0.29, 0.717) is 25.7 Å². The highest BCUT2D eigenvalue weighted by atomic mass is 16.6. The predicted octanol–water partition coefficient (Wildman–Crippen LogP) is 1.41. The van der Waals surface area contributed by atoms with Gasteiger partial charge in [-0.25, -0.2) is 0 Å². The highest BCUT2D eigenvalue weighted by Gasteiger charge is 2.72. The number of esters is 1. The Balaban J connectivity index is 2.12. The summed E-state index contributed by atoms with van der Waals surface area (Å²) >= 11 is 0. The smallest absolute Gasteiger partial charge is 0.315 e. The largest absolute Gasteiger partial charge is 0.459 e. The average molecular weight is 266 g/mol. The van der Waals surface area contributed by atoms with Gasteiger partial charge in [0, 0.05) is 5.41 Å². The molecule has 4 heteroatoms. The van der Waals surface area contributed by atoms with Gasteiger partial charge in [-0.2, -0.15) is 0 Å². The summed E-state index contributed by atoms with van der Waals surface area (Å²) in [6.45, 7) is 7.91. The van der Waals surface area contributed by atoms with E-state index < -0.39 is 29.1 Å². The maximum Gasteiger partial charge on any atom is 0.315 e. The highest BCUT2D eigenvalue weighted by molar-refractivity contribution is 5.82. The van der Waals surface area contributed by atoms with Crippen LogP contribution in [0.3, 0.4) is 0 Å². The number of hydrogen-bond donors (Lipinski definition) is 2. The van der Waals surface area contributed by atoms with Crippen LogP contribution >= 0.6 is 0 Å². The zero-order valence-electron chi connectivity index (χ0n) is 11.6. The van der Waals surface area contributed by atoms with Crippen LogP contribution in [0.5, 0.6) is 0 Å². The van der Waals surface area contributed by atoms with Crippen LogP contribution in [0, 0.1) is 16.7 Å². The number of hydrogen-bond acceptors (Lipinski definition) is 4. The number of ether oxygens (including phenoxy) is 1. The zero-order valence-corrected chi connectivity index (χ0v) is 11.6. The van der Waals surface area contributed by atoms with Crippen LogP contribution in [0.1, 0.15) is 39.5 Å². The van der Waals surface area contributed by atoms with Crippen LogP contribution in [0.25, 0.3) is 0 Å². The number of allylic oxidation sites excluding steroid dienone is 1. The zero-order chi connectivity index (χ0) is 14.0. The lowest BCUT2D eigenvalue weighted by Crippen LogP contribution is -2.50. The average Bonchev–Trinajstić information content (AvgIpc) is 2.68. The van der Waals surface area contributed by atoms with Gasteiger partial charge in [-0.3, -0.25) is 4.79 Å². The topological polar surface area (TPSA) is 66.8 Å². The second-order valence-corrected chi connectivity index (χ2v) is 6.81. The molecule has 19 heavy (non-hydrogen) atoms. The van der Waals surface area contributed by atoms with Gasteiger partial charge < -0.3 is 14.9 Å². The lowest BCUT2D eigenvalue weighted by molar-refractivity contribution is -0.160. The monoisotopic (exact) mass is 266 g/mol. The SMILES string of the molecule is C=C(C)C1CC2OC(=O)C3(CCC(O)C3(C)C1)C2O. The Bertz CT molecular complexity index is 445. The van der Waals surface area contributed by atoms with Crippen molar-refractivity contribution in [2.24, 2.45) is 16.7 Å². The maximum absolute atomic E-state index is 12.3. The van der Waals surface area contributed by atoms with E-state index in [4.69, 9.17) is 4.74 Å². The summed E-state index contributed by atoms with van der Waals surface area (Å²) in [6.07, 6.45) is 0.585. The Kier molecular flexibility index (Phi) is 2.64. The minimum Gasteiger partial charge on any atom is -0.459 e. The molecule has 0 amide bonds. The van der Waals surface area contributed by atoms with Crippen LogP contribution in [0.4, 0.5) is 0 Å². The van der Waals surface area contributed by atoms with Crippen molar-refractivity contribution in [3.05, 3.63) is 12.2 Å². The molecule has 0 aromatic heterocycles. The molecule has 1 aliphatic heterocycles. The summed E-state index contributed by atoms with van der Waals surface area (Å²) in [6, 6.07) is 0. The second-order valence-electron chi connectivity index (χ2n) is 6.81. The maximum atomic E-state index is 12.3. The predicted molar refractivity (Wildman–Crippen MR) is 69.2 cm³/mol. The summed E-state index contributed by atoms with van der Waals surface area (Å²) in [7, 11) is 0. The molecule has 6 unspecified atom stereocenters. The molecule has 3 aliphatic rings. The number of carbonyl (C=O) groups is 1. The second kappa shape index (κ2) is 3.83. The van der Waals surface area contributed by atoms with Gasteiger partial charge in [0.1, 0.15) is 17.6 Å². The Morgan fingerprint density at radius 1 is 1.47 bits per heavy atom. The molecule has 1 saturated heterocycles. The standard InChI is InChI=1S/C15H22O4/c1-8(2)9-6-10-12(17)15(13(18)19-10)5-4-11(16)14(15,3)7-9/h9-12,16-17H,1,4-7H2,2-3H3. The van der Waals surface area contributed by atoms with Crippen LogP contribution in [0.15, 0.2) is 12.2 Å². The summed E-state index contributed by atoms with van der Waals surface area (Å²) in [5.74, 6) is -0.128. The van der Waals surface area contributed by atoms with Crippen molar-refractivity contribution >= 4 is 5.97 Å². The van der Waals surface area contributed by atoms with E-state index in [-0.39, 0.29) is 11.9 Å². The fourth-order valence-corrected chi connectivity index (χ4v) is 4.58. The molecule has 3 fully saturated rings. The van der Waals surface area contributed by atoms with Crippen LogP contribution in [-0.4, -0.2) is 34.5 Å². The Morgan fingerprint density at radius 2 is 2.16 bits per heavy atom. The first-order valence-corrected chi connectivity index (χ1v) is 7.05. The van der Waals surface area contributed by atoms with E-state index in [1.807, 2.05) is 13.8 Å². The quantitative estimate of drug-likeness (QED) is 0.556. The van der Waals surface area contributed by atoms with Gasteiger partial charge >= 0.3 is 5.97 Å². The first-order valence-electron chi connectivity index (χ1n) is 7.05. The van der Waals surface area contributed by atoms with E-state index in [1.165, 1.54) is 0 Å². The fraction of sp³-hybridized carbons (Fsp3) is 0.800. The molecule has 0 aromatic rings. The van der Waals surface area contributed by atoms with Crippen molar-refractivity contribution < 1.29 is 19.7 Å². The molecule has 3 rings (SSSR count). The first kappa shape index (κ1) is 13.1. The number of rotatable bonds is 1. The van der Waals surface area contributed by atoms with Gasteiger partial charge in [0.2, 0.25) is 0 Å². The lowest BCUT2D eigenvalue weighted by Gasteiger charge is -2.42. The Hall–Kier alpha value is -0.870. The third kappa shape index (κ3) is 1.39. The van der Waals surface area contributed by atoms with E-state index >= 15 is 0 Å². The molecule has 4 nitrogen and oxygen atoms in total. The normalized spacial score (nSPS) is 52.5. The van der Waals surface area contributed by atoms with E-state index in [1.54, 1.807) is 0 Å². The van der Waals surface area contributed by atoms with E-state index in [0.717, 1.165) is 5.57 Å². The molecule has 106 valence electrons. The molecular formula is C15H22O4. The molecule has 0 radical (unpaired) electrons.